The number of benzene rings is 2. The van der Waals surface area contributed by atoms with E-state index in [0.717, 1.165) is 24.0 Å². The Morgan fingerprint density at radius 1 is 0.906 bits per heavy atom. The Labute approximate surface area is 318 Å². The van der Waals surface area contributed by atoms with Crippen molar-refractivity contribution in [3.05, 3.63) is 65.3 Å². The molecule has 2 aromatic rings. The third-order valence-corrected chi connectivity index (χ3v) is 12.1. The number of aliphatic hydroxyl groups is 1. The normalized spacial score (nSPS) is 22.4. The number of rotatable bonds is 15. The Balaban J connectivity index is 1.09. The number of methoxy groups -OCH3 is 2. The molecule has 1 unspecified atom stereocenters. The van der Waals surface area contributed by atoms with Crippen LogP contribution in [0.15, 0.2) is 53.6 Å². The first-order chi connectivity index (χ1) is 25.5. The average Bonchev–Trinajstić information content (AvgIpc) is 3.68. The molecule has 14 heteroatoms. The molecule has 2 fully saturated rings. The fourth-order valence-corrected chi connectivity index (χ4v) is 8.91. The number of hydrogen-bond donors (Lipinski definition) is 1. The standard InChI is InChI=1S/C39H47N3O9S2/c1-22-12-25-18-40-29-17-34(32(48-5)16-28(29)38(45)41(25)19-22)50-11-9-7-8-10-49-33-14-26-27(15-31(33)47-4)37(44)42-20-23(2)13-30(42)36(43)35(26)39(46)51-21-24(3)53-52-6/h14-18,24-25,30,35-36,43H,1-2,7-13,19-21H2,3-6H3/t24-,25+,30+,35?,36+/m1/s1. The Morgan fingerprint density at radius 3 is 2.21 bits per heavy atom. The van der Waals surface area contributed by atoms with Crippen LogP contribution in [0.5, 0.6) is 23.0 Å². The molecule has 0 spiro atoms. The molecule has 0 bridgehead atoms. The van der Waals surface area contributed by atoms with Gasteiger partial charge in [0.2, 0.25) is 0 Å². The van der Waals surface area contributed by atoms with Crippen LogP contribution in [0.3, 0.4) is 0 Å². The van der Waals surface area contributed by atoms with Gasteiger partial charge in [-0.15, -0.1) is 0 Å². The van der Waals surface area contributed by atoms with Crippen LogP contribution in [0.25, 0.3) is 0 Å². The molecule has 12 nitrogen and oxygen atoms in total. The molecular formula is C39H47N3O9S2. The van der Waals surface area contributed by atoms with Gasteiger partial charge in [0.15, 0.2) is 23.0 Å². The highest BCUT2D eigenvalue weighted by atomic mass is 33.1. The molecule has 6 rings (SSSR count). The second-order valence-corrected chi connectivity index (χ2v) is 16.6. The van der Waals surface area contributed by atoms with Crippen molar-refractivity contribution >= 4 is 51.3 Å². The van der Waals surface area contributed by atoms with Gasteiger partial charge in [0.25, 0.3) is 11.8 Å². The first-order valence-electron chi connectivity index (χ1n) is 17.8. The van der Waals surface area contributed by atoms with Crippen LogP contribution in [0.2, 0.25) is 0 Å². The van der Waals surface area contributed by atoms with Crippen LogP contribution in [-0.4, -0.2) is 116 Å². The Bertz CT molecular complexity index is 1800. The topological polar surface area (TPSA) is 136 Å². The molecule has 2 saturated heterocycles. The molecule has 0 aromatic heterocycles. The summed E-state index contributed by atoms with van der Waals surface area (Å²) in [7, 11) is 6.22. The van der Waals surface area contributed by atoms with Crippen LogP contribution in [-0.2, 0) is 9.53 Å². The van der Waals surface area contributed by atoms with Gasteiger partial charge in [-0.25, -0.2) is 0 Å². The molecule has 4 aliphatic rings. The van der Waals surface area contributed by atoms with Gasteiger partial charge in [-0.2, -0.15) is 0 Å². The van der Waals surface area contributed by atoms with Crippen molar-refractivity contribution in [2.24, 2.45) is 4.99 Å². The van der Waals surface area contributed by atoms with E-state index in [0.29, 0.717) is 85.4 Å². The zero-order valence-electron chi connectivity index (χ0n) is 30.6. The summed E-state index contributed by atoms with van der Waals surface area (Å²) < 4.78 is 29.2. The first kappa shape index (κ1) is 38.6. The van der Waals surface area contributed by atoms with E-state index in [-0.39, 0.29) is 35.3 Å². The van der Waals surface area contributed by atoms with Gasteiger partial charge in [-0.3, -0.25) is 19.4 Å². The SMILES string of the molecule is C=C1C[C@H]2C=Nc3cc(OCCCCCOc4cc5c(cc4OC)C(=O)N4CC(=C)C[C@H]4[C@H](O)C5C(=O)OC[C@@H](C)SSC)c(OC)cc3C(=O)N2C1. The zero-order chi connectivity index (χ0) is 37.8. The monoisotopic (exact) mass is 765 g/mol. The summed E-state index contributed by atoms with van der Waals surface area (Å²) in [5.41, 5.74) is 3.47. The Hall–Kier alpha value is -4.14. The summed E-state index contributed by atoms with van der Waals surface area (Å²) in [6.45, 7) is 11.8. The zero-order valence-corrected chi connectivity index (χ0v) is 32.3. The molecule has 284 valence electrons. The van der Waals surface area contributed by atoms with Gasteiger partial charge >= 0.3 is 5.97 Å². The molecule has 0 saturated carbocycles. The van der Waals surface area contributed by atoms with Crippen molar-refractivity contribution in [3.63, 3.8) is 0 Å². The minimum absolute atomic E-state index is 0.0463. The molecule has 0 radical (unpaired) electrons. The smallest absolute Gasteiger partial charge is 0.316 e. The summed E-state index contributed by atoms with van der Waals surface area (Å²) in [6, 6.07) is 5.98. The molecule has 4 aliphatic heterocycles. The molecule has 1 N–H and O–H groups in total. The number of esters is 1. The number of carbonyl (C=O) groups is 3. The number of unbranched alkanes of at least 4 members (excludes halogenated alkanes) is 2. The summed E-state index contributed by atoms with van der Waals surface area (Å²) in [4.78, 5) is 48.7. The van der Waals surface area contributed by atoms with E-state index in [9.17, 15) is 19.5 Å². The van der Waals surface area contributed by atoms with Crippen LogP contribution >= 0.6 is 21.6 Å². The number of amides is 2. The molecule has 0 aliphatic carbocycles. The lowest BCUT2D eigenvalue weighted by atomic mass is 9.86. The van der Waals surface area contributed by atoms with Crippen LogP contribution in [0.4, 0.5) is 5.69 Å². The van der Waals surface area contributed by atoms with Gasteiger partial charge in [-0.1, -0.05) is 45.9 Å². The number of aliphatic imine (C=N–C) groups is 1. The number of aliphatic hydroxyl groups excluding tert-OH is 1. The lowest BCUT2D eigenvalue weighted by molar-refractivity contribution is -0.149. The van der Waals surface area contributed by atoms with Crippen molar-refractivity contribution in [2.75, 3.05) is 53.4 Å². The number of ether oxygens (including phenoxy) is 5. The highest BCUT2D eigenvalue weighted by molar-refractivity contribution is 8.76. The van der Waals surface area contributed by atoms with E-state index < -0.39 is 24.0 Å². The van der Waals surface area contributed by atoms with Crippen molar-refractivity contribution < 1.29 is 43.2 Å². The van der Waals surface area contributed by atoms with E-state index in [1.165, 1.54) is 7.11 Å². The van der Waals surface area contributed by atoms with E-state index in [2.05, 4.69) is 18.2 Å². The van der Waals surface area contributed by atoms with Crippen LogP contribution in [0, 0.1) is 0 Å². The summed E-state index contributed by atoms with van der Waals surface area (Å²) in [5, 5.41) is 11.7. The number of carbonyl (C=O) groups excluding carboxylic acids is 3. The third-order valence-electron chi connectivity index (χ3n) is 9.92. The van der Waals surface area contributed by atoms with Gasteiger partial charge in [0.05, 0.1) is 56.9 Å². The second-order valence-electron chi connectivity index (χ2n) is 13.7. The maximum absolute atomic E-state index is 13.8. The maximum Gasteiger partial charge on any atom is 0.316 e. The number of fused-ring (bicyclic) bond motifs is 4. The molecule has 4 heterocycles. The third kappa shape index (κ3) is 8.19. The van der Waals surface area contributed by atoms with E-state index in [1.54, 1.807) is 69.0 Å². The minimum Gasteiger partial charge on any atom is -0.493 e. The Kier molecular flexibility index (Phi) is 12.3. The molecule has 5 atom stereocenters. The fraction of sp³-hybridized carbons (Fsp3) is 0.487. The largest absolute Gasteiger partial charge is 0.493 e. The quantitative estimate of drug-likeness (QED) is 0.0992. The van der Waals surface area contributed by atoms with Crippen LogP contribution < -0.4 is 18.9 Å². The van der Waals surface area contributed by atoms with Crippen molar-refractivity contribution in [1.82, 2.24) is 9.80 Å². The molecular weight excluding hydrogens is 719 g/mol. The summed E-state index contributed by atoms with van der Waals surface area (Å²) >= 11 is 0. The predicted octanol–water partition coefficient (Wildman–Crippen LogP) is 5.99. The second kappa shape index (κ2) is 16.9. The molecule has 53 heavy (non-hydrogen) atoms. The predicted molar refractivity (Wildman–Crippen MR) is 206 cm³/mol. The van der Waals surface area contributed by atoms with E-state index >= 15 is 0 Å². The van der Waals surface area contributed by atoms with E-state index in [4.69, 9.17) is 23.7 Å². The van der Waals surface area contributed by atoms with Crippen molar-refractivity contribution in [3.8, 4) is 23.0 Å². The number of hydrogen-bond acceptors (Lipinski definition) is 12. The van der Waals surface area contributed by atoms with Crippen molar-refractivity contribution in [2.45, 2.75) is 68.4 Å². The average molecular weight is 766 g/mol. The highest BCUT2D eigenvalue weighted by Crippen LogP contribution is 2.43. The molecule has 2 amide bonds. The lowest BCUT2D eigenvalue weighted by Crippen LogP contribution is -2.44. The lowest BCUT2D eigenvalue weighted by Gasteiger charge is -2.28. The maximum atomic E-state index is 13.8. The van der Waals surface area contributed by atoms with Gasteiger partial charge in [0.1, 0.15) is 12.5 Å². The number of nitrogens with zero attached hydrogens (tertiary/aromatic N) is 3. The Morgan fingerprint density at radius 2 is 1.53 bits per heavy atom. The van der Waals surface area contributed by atoms with Crippen molar-refractivity contribution in [1.29, 1.82) is 0 Å². The van der Waals surface area contributed by atoms with Gasteiger partial charge < -0.3 is 38.6 Å². The highest BCUT2D eigenvalue weighted by Gasteiger charge is 2.48. The van der Waals surface area contributed by atoms with Gasteiger partial charge in [-0.05, 0) is 69.0 Å². The molecule has 2 aromatic carbocycles. The summed E-state index contributed by atoms with van der Waals surface area (Å²) in [6.07, 6.45) is 5.85. The minimum atomic E-state index is -1.19. The van der Waals surface area contributed by atoms with Gasteiger partial charge in [0, 0.05) is 36.2 Å². The summed E-state index contributed by atoms with van der Waals surface area (Å²) in [5.74, 6) is -0.391. The van der Waals surface area contributed by atoms with E-state index in [1.807, 2.05) is 13.2 Å². The first-order valence-corrected chi connectivity index (χ1v) is 20.4. The van der Waals surface area contributed by atoms with Crippen LogP contribution in [0.1, 0.15) is 71.2 Å². The fourth-order valence-electron chi connectivity index (χ4n) is 7.31.